The third kappa shape index (κ3) is 2.66. The lowest BCUT2D eigenvalue weighted by atomic mass is 9.77. The van der Waals surface area contributed by atoms with Crippen molar-refractivity contribution in [3.05, 3.63) is 35.4 Å². The smallest absolute Gasteiger partial charge is 0.340 e. The lowest BCUT2D eigenvalue weighted by Gasteiger charge is -2.42. The summed E-state index contributed by atoms with van der Waals surface area (Å²) in [4.78, 5) is 12.3. The van der Waals surface area contributed by atoms with Crippen molar-refractivity contribution in [2.75, 3.05) is 6.61 Å². The zero-order valence-electron chi connectivity index (χ0n) is 13.5. The molecule has 3 atom stereocenters. The molecule has 4 nitrogen and oxygen atoms in total. The minimum atomic E-state index is -0.616. The molecule has 120 valence electrons. The summed E-state index contributed by atoms with van der Waals surface area (Å²) in [5.74, 6) is -0.300. The zero-order valence-corrected chi connectivity index (χ0v) is 13.5. The Labute approximate surface area is 131 Å². The number of hydrogen-bond acceptors (Lipinski definition) is 4. The van der Waals surface area contributed by atoms with Gasteiger partial charge in [-0.05, 0) is 31.4 Å². The van der Waals surface area contributed by atoms with E-state index in [4.69, 9.17) is 14.2 Å². The second-order valence-corrected chi connectivity index (χ2v) is 6.53. The van der Waals surface area contributed by atoms with E-state index in [0.717, 1.165) is 18.4 Å². The van der Waals surface area contributed by atoms with Crippen molar-refractivity contribution >= 4 is 5.97 Å². The minimum Gasteiger partial charge on any atom is -0.429 e. The van der Waals surface area contributed by atoms with Crippen LogP contribution in [0.2, 0.25) is 0 Å². The van der Waals surface area contributed by atoms with Crippen LogP contribution in [0.5, 0.6) is 0 Å². The topological polar surface area (TPSA) is 44.8 Å². The van der Waals surface area contributed by atoms with Crippen molar-refractivity contribution in [3.8, 4) is 0 Å². The molecule has 0 aromatic heterocycles. The van der Waals surface area contributed by atoms with E-state index in [0.29, 0.717) is 24.0 Å². The highest BCUT2D eigenvalue weighted by molar-refractivity contribution is 5.91. The maximum Gasteiger partial charge on any atom is 0.340 e. The number of aryl methyl sites for hydroxylation is 1. The molecule has 0 bridgehead atoms. The Kier molecular flexibility index (Phi) is 4.24. The van der Waals surface area contributed by atoms with Crippen molar-refractivity contribution in [3.63, 3.8) is 0 Å². The lowest BCUT2D eigenvalue weighted by Crippen LogP contribution is -2.47. The van der Waals surface area contributed by atoms with E-state index in [1.54, 1.807) is 6.07 Å². The van der Waals surface area contributed by atoms with Gasteiger partial charge >= 0.3 is 5.97 Å². The lowest BCUT2D eigenvalue weighted by molar-refractivity contribution is -0.263. The highest BCUT2D eigenvalue weighted by Gasteiger charge is 2.52. The van der Waals surface area contributed by atoms with E-state index >= 15 is 0 Å². The van der Waals surface area contributed by atoms with Gasteiger partial charge in [-0.15, -0.1) is 0 Å². The van der Waals surface area contributed by atoms with Crippen LogP contribution in [0.1, 0.15) is 49.0 Å². The minimum absolute atomic E-state index is 0.312. The standard InChI is InChI=1S/C18H24O4/c1-12-7-4-5-10-15(12)17(19)21-16-11-20-18(22-16)13(2)8-6-9-14(18)3/h4-5,7,10,13-14,16H,6,8-9,11H2,1-3H3. The fraction of sp³-hybridized carbons (Fsp3) is 0.611. The summed E-state index contributed by atoms with van der Waals surface area (Å²) in [5.41, 5.74) is 1.48. The first-order chi connectivity index (χ1) is 10.5. The van der Waals surface area contributed by atoms with E-state index in [1.165, 1.54) is 6.42 Å². The van der Waals surface area contributed by atoms with Gasteiger partial charge in [0, 0.05) is 11.8 Å². The van der Waals surface area contributed by atoms with Gasteiger partial charge in [0.2, 0.25) is 6.29 Å². The Morgan fingerprint density at radius 2 is 1.91 bits per heavy atom. The number of carbonyl (C=O) groups excluding carboxylic acids is 1. The van der Waals surface area contributed by atoms with Gasteiger partial charge < -0.3 is 14.2 Å². The molecule has 2 fully saturated rings. The summed E-state index contributed by atoms with van der Waals surface area (Å²) in [6.07, 6.45) is 2.76. The van der Waals surface area contributed by atoms with E-state index in [-0.39, 0.29) is 5.97 Å². The first-order valence-electron chi connectivity index (χ1n) is 8.11. The number of esters is 1. The third-order valence-electron chi connectivity index (χ3n) is 5.01. The Balaban J connectivity index is 1.68. The summed E-state index contributed by atoms with van der Waals surface area (Å²) < 4.78 is 17.6. The molecule has 1 aromatic rings. The largest absolute Gasteiger partial charge is 0.429 e. The molecule has 0 amide bonds. The molecule has 2 aliphatic rings. The molecule has 3 unspecified atom stereocenters. The second kappa shape index (κ2) is 6.01. The highest BCUT2D eigenvalue weighted by Crippen LogP contribution is 2.45. The maximum absolute atomic E-state index is 12.3. The molecule has 1 aromatic carbocycles. The molecule has 1 aliphatic carbocycles. The average molecular weight is 304 g/mol. The number of hydrogen-bond donors (Lipinski definition) is 0. The molecule has 0 radical (unpaired) electrons. The Morgan fingerprint density at radius 3 is 2.59 bits per heavy atom. The van der Waals surface area contributed by atoms with Gasteiger partial charge in [-0.2, -0.15) is 0 Å². The van der Waals surface area contributed by atoms with Gasteiger partial charge in [-0.1, -0.05) is 38.5 Å². The summed E-state index contributed by atoms with van der Waals surface area (Å²) >= 11 is 0. The molecule has 1 heterocycles. The first-order valence-corrected chi connectivity index (χ1v) is 8.11. The normalized spacial score (nSPS) is 34.8. The van der Waals surface area contributed by atoms with Crippen molar-refractivity contribution in [2.45, 2.75) is 52.1 Å². The quantitative estimate of drug-likeness (QED) is 0.782. The van der Waals surface area contributed by atoms with Crippen LogP contribution in [0, 0.1) is 18.8 Å². The van der Waals surface area contributed by atoms with Crippen LogP contribution in [0.15, 0.2) is 24.3 Å². The van der Waals surface area contributed by atoms with E-state index in [1.807, 2.05) is 25.1 Å². The van der Waals surface area contributed by atoms with Gasteiger partial charge in [-0.3, -0.25) is 0 Å². The van der Waals surface area contributed by atoms with Crippen LogP contribution >= 0.6 is 0 Å². The molecular formula is C18H24O4. The highest BCUT2D eigenvalue weighted by atomic mass is 16.8. The SMILES string of the molecule is Cc1ccccc1C(=O)OC1COC2(O1)C(C)CCCC2C. The average Bonchev–Trinajstić information content (AvgIpc) is 2.91. The molecule has 4 heteroatoms. The van der Waals surface area contributed by atoms with Crippen LogP contribution in [-0.2, 0) is 14.2 Å². The van der Waals surface area contributed by atoms with Crippen molar-refractivity contribution < 1.29 is 19.0 Å². The van der Waals surface area contributed by atoms with Gasteiger partial charge in [-0.25, -0.2) is 4.79 Å². The summed E-state index contributed by atoms with van der Waals surface area (Å²) in [7, 11) is 0. The molecule has 1 aliphatic heterocycles. The fourth-order valence-electron chi connectivity index (χ4n) is 3.65. The predicted molar refractivity (Wildman–Crippen MR) is 82.3 cm³/mol. The van der Waals surface area contributed by atoms with Crippen LogP contribution in [0.25, 0.3) is 0 Å². The maximum atomic E-state index is 12.3. The van der Waals surface area contributed by atoms with Crippen molar-refractivity contribution in [1.82, 2.24) is 0 Å². The molecule has 0 N–H and O–H groups in total. The molecule has 1 spiro atoms. The fourth-order valence-corrected chi connectivity index (χ4v) is 3.65. The Hall–Kier alpha value is -1.39. The Bertz CT molecular complexity index is 544. The molecule has 3 rings (SSSR count). The van der Waals surface area contributed by atoms with Gasteiger partial charge in [0.15, 0.2) is 5.79 Å². The van der Waals surface area contributed by atoms with Crippen LogP contribution < -0.4 is 0 Å². The monoisotopic (exact) mass is 304 g/mol. The molecule has 22 heavy (non-hydrogen) atoms. The van der Waals surface area contributed by atoms with Crippen molar-refractivity contribution in [1.29, 1.82) is 0 Å². The van der Waals surface area contributed by atoms with Crippen LogP contribution in [0.4, 0.5) is 0 Å². The van der Waals surface area contributed by atoms with Gasteiger partial charge in [0.1, 0.15) is 6.61 Å². The van der Waals surface area contributed by atoms with Crippen molar-refractivity contribution in [2.24, 2.45) is 11.8 Å². The third-order valence-corrected chi connectivity index (χ3v) is 5.01. The summed E-state index contributed by atoms with van der Waals surface area (Å²) in [5, 5.41) is 0. The molecule has 1 saturated carbocycles. The number of ether oxygens (including phenoxy) is 3. The van der Waals surface area contributed by atoms with E-state index < -0.39 is 12.1 Å². The first kappa shape index (κ1) is 15.5. The van der Waals surface area contributed by atoms with Crippen LogP contribution in [0.3, 0.4) is 0 Å². The number of carbonyl (C=O) groups is 1. The summed E-state index contributed by atoms with van der Waals surface area (Å²) in [6.45, 7) is 6.52. The van der Waals surface area contributed by atoms with E-state index in [9.17, 15) is 4.79 Å². The number of rotatable bonds is 2. The van der Waals surface area contributed by atoms with Gasteiger partial charge in [0.25, 0.3) is 0 Å². The Morgan fingerprint density at radius 1 is 1.23 bits per heavy atom. The van der Waals surface area contributed by atoms with E-state index in [2.05, 4.69) is 13.8 Å². The molecular weight excluding hydrogens is 280 g/mol. The summed E-state index contributed by atoms with van der Waals surface area (Å²) in [6, 6.07) is 7.41. The molecule has 1 saturated heterocycles. The van der Waals surface area contributed by atoms with Gasteiger partial charge in [0.05, 0.1) is 5.56 Å². The second-order valence-electron chi connectivity index (χ2n) is 6.53. The zero-order chi connectivity index (χ0) is 15.7. The predicted octanol–water partition coefficient (Wildman–Crippen LogP) is 3.68. The van der Waals surface area contributed by atoms with Crippen LogP contribution in [-0.4, -0.2) is 24.7 Å². The number of benzene rings is 1.